The summed E-state index contributed by atoms with van der Waals surface area (Å²) in [5.74, 6) is 0.825. The SMILES string of the molecule is CCOc1ccc(CN2CCC(c3cc(C(F)(F)F)n4ncnc4n3)CC2)cc1. The number of ether oxygens (including phenoxy) is 1. The highest BCUT2D eigenvalue weighted by atomic mass is 19.4. The van der Waals surface area contributed by atoms with Crippen molar-refractivity contribution in [2.75, 3.05) is 19.7 Å². The second-order valence-electron chi connectivity index (χ2n) is 7.16. The molecule has 1 aliphatic rings. The molecule has 0 bridgehead atoms. The molecule has 0 atom stereocenters. The molecule has 0 saturated carbocycles. The number of piperidine rings is 1. The van der Waals surface area contributed by atoms with E-state index in [9.17, 15) is 13.2 Å². The van der Waals surface area contributed by atoms with E-state index >= 15 is 0 Å². The van der Waals surface area contributed by atoms with Crippen molar-refractivity contribution in [3.05, 3.63) is 53.6 Å². The Labute approximate surface area is 166 Å². The van der Waals surface area contributed by atoms with Gasteiger partial charge in [0.2, 0.25) is 0 Å². The molecule has 0 radical (unpaired) electrons. The average Bonchev–Trinajstić information content (AvgIpc) is 3.17. The summed E-state index contributed by atoms with van der Waals surface area (Å²) < 4.78 is 46.4. The number of nitrogens with zero attached hydrogens (tertiary/aromatic N) is 5. The second kappa shape index (κ2) is 7.98. The standard InChI is InChI=1S/C20H22F3N5O/c1-2-29-16-5-3-14(4-6-16)12-27-9-7-15(8-10-27)17-11-18(20(21,22)23)28-19(26-17)24-13-25-28/h3-6,11,13,15H,2,7-10,12H2,1H3. The first-order valence-electron chi connectivity index (χ1n) is 9.66. The fourth-order valence-corrected chi connectivity index (χ4v) is 3.74. The highest BCUT2D eigenvalue weighted by molar-refractivity contribution is 5.33. The van der Waals surface area contributed by atoms with Gasteiger partial charge in [-0.2, -0.15) is 27.8 Å². The van der Waals surface area contributed by atoms with Gasteiger partial charge in [-0.15, -0.1) is 0 Å². The first-order valence-corrected chi connectivity index (χ1v) is 9.66. The zero-order valence-electron chi connectivity index (χ0n) is 16.1. The third-order valence-corrected chi connectivity index (χ3v) is 5.21. The van der Waals surface area contributed by atoms with Crippen LogP contribution in [0.3, 0.4) is 0 Å². The lowest BCUT2D eigenvalue weighted by atomic mass is 9.92. The van der Waals surface area contributed by atoms with Crippen LogP contribution in [0.4, 0.5) is 13.2 Å². The molecule has 154 valence electrons. The maximum atomic E-state index is 13.4. The van der Waals surface area contributed by atoms with Gasteiger partial charge in [0.15, 0.2) is 5.69 Å². The molecule has 0 unspecified atom stereocenters. The van der Waals surface area contributed by atoms with Gasteiger partial charge in [-0.1, -0.05) is 12.1 Å². The number of aromatic nitrogens is 4. The fourth-order valence-electron chi connectivity index (χ4n) is 3.74. The van der Waals surface area contributed by atoms with Crippen molar-refractivity contribution in [3.8, 4) is 5.75 Å². The number of hydrogen-bond donors (Lipinski definition) is 0. The summed E-state index contributed by atoms with van der Waals surface area (Å²) in [6.07, 6.45) is -1.89. The first-order chi connectivity index (χ1) is 13.9. The number of alkyl halides is 3. The molecule has 0 N–H and O–H groups in total. The van der Waals surface area contributed by atoms with Gasteiger partial charge in [-0.25, -0.2) is 4.98 Å². The normalized spacial score (nSPS) is 16.4. The molecule has 1 fully saturated rings. The van der Waals surface area contributed by atoms with Gasteiger partial charge in [0.1, 0.15) is 12.1 Å². The Kier molecular flexibility index (Phi) is 5.40. The monoisotopic (exact) mass is 405 g/mol. The molecule has 3 aromatic rings. The predicted molar refractivity (Wildman–Crippen MR) is 101 cm³/mol. The second-order valence-corrected chi connectivity index (χ2v) is 7.16. The third kappa shape index (κ3) is 4.34. The Morgan fingerprint density at radius 2 is 1.86 bits per heavy atom. The van der Waals surface area contributed by atoms with E-state index in [1.165, 1.54) is 5.56 Å². The van der Waals surface area contributed by atoms with Gasteiger partial charge in [-0.05, 0) is 56.6 Å². The molecule has 4 rings (SSSR count). The molecule has 9 heteroatoms. The molecule has 2 aromatic heterocycles. The van der Waals surface area contributed by atoms with E-state index in [1.807, 2.05) is 31.2 Å². The van der Waals surface area contributed by atoms with Crippen molar-refractivity contribution in [1.82, 2.24) is 24.5 Å². The van der Waals surface area contributed by atoms with Gasteiger partial charge < -0.3 is 4.74 Å². The zero-order chi connectivity index (χ0) is 20.4. The van der Waals surface area contributed by atoms with Gasteiger partial charge >= 0.3 is 6.18 Å². The molecule has 6 nitrogen and oxygen atoms in total. The zero-order valence-corrected chi connectivity index (χ0v) is 16.1. The lowest BCUT2D eigenvalue weighted by molar-refractivity contribution is -0.142. The minimum Gasteiger partial charge on any atom is -0.494 e. The van der Waals surface area contributed by atoms with Crippen molar-refractivity contribution in [3.63, 3.8) is 0 Å². The topological polar surface area (TPSA) is 55.6 Å². The number of fused-ring (bicyclic) bond motifs is 1. The summed E-state index contributed by atoms with van der Waals surface area (Å²) >= 11 is 0. The summed E-state index contributed by atoms with van der Waals surface area (Å²) in [6, 6.07) is 9.14. The van der Waals surface area contributed by atoms with Crippen molar-refractivity contribution < 1.29 is 17.9 Å². The highest BCUT2D eigenvalue weighted by Crippen LogP contribution is 2.33. The van der Waals surface area contributed by atoms with Gasteiger partial charge in [0, 0.05) is 18.2 Å². The smallest absolute Gasteiger partial charge is 0.433 e. The Hall–Kier alpha value is -2.68. The molecule has 1 aromatic carbocycles. The van der Waals surface area contributed by atoms with Crippen LogP contribution in [0.15, 0.2) is 36.7 Å². The summed E-state index contributed by atoms with van der Waals surface area (Å²) in [4.78, 5) is 10.5. The number of likely N-dealkylation sites (tertiary alicyclic amines) is 1. The van der Waals surface area contributed by atoms with E-state index in [-0.39, 0.29) is 11.7 Å². The van der Waals surface area contributed by atoms with Gasteiger partial charge in [0.05, 0.1) is 6.61 Å². The third-order valence-electron chi connectivity index (χ3n) is 5.21. The first kappa shape index (κ1) is 19.6. The van der Waals surface area contributed by atoms with Crippen LogP contribution >= 0.6 is 0 Å². The number of benzene rings is 1. The molecule has 0 amide bonds. The van der Waals surface area contributed by atoms with Crippen molar-refractivity contribution in [2.45, 2.75) is 38.4 Å². The van der Waals surface area contributed by atoms with Crippen LogP contribution < -0.4 is 4.74 Å². The fraction of sp³-hybridized carbons (Fsp3) is 0.450. The van der Waals surface area contributed by atoms with Crippen molar-refractivity contribution in [2.24, 2.45) is 0 Å². The number of hydrogen-bond acceptors (Lipinski definition) is 5. The summed E-state index contributed by atoms with van der Waals surface area (Å²) in [5, 5.41) is 3.65. The van der Waals surface area contributed by atoms with E-state index < -0.39 is 11.9 Å². The van der Waals surface area contributed by atoms with Crippen molar-refractivity contribution in [1.29, 1.82) is 0 Å². The van der Waals surface area contributed by atoms with E-state index in [0.717, 1.165) is 55.1 Å². The summed E-state index contributed by atoms with van der Waals surface area (Å²) in [6.45, 7) is 5.00. The minimum absolute atomic E-state index is 0.00774. The molecular formula is C20H22F3N5O. The quantitative estimate of drug-likeness (QED) is 0.644. The maximum Gasteiger partial charge on any atom is 0.433 e. The van der Waals surface area contributed by atoms with E-state index in [2.05, 4.69) is 20.0 Å². The van der Waals surface area contributed by atoms with Crippen LogP contribution in [0.2, 0.25) is 0 Å². The predicted octanol–water partition coefficient (Wildman–Crippen LogP) is 3.92. The molecule has 3 heterocycles. The summed E-state index contributed by atoms with van der Waals surface area (Å²) in [7, 11) is 0. The van der Waals surface area contributed by atoms with Crippen molar-refractivity contribution >= 4 is 5.78 Å². The van der Waals surface area contributed by atoms with E-state index in [0.29, 0.717) is 12.3 Å². The lowest BCUT2D eigenvalue weighted by Crippen LogP contribution is -2.33. The van der Waals surface area contributed by atoms with Crippen LogP contribution in [-0.4, -0.2) is 44.2 Å². The molecule has 29 heavy (non-hydrogen) atoms. The molecule has 1 aliphatic heterocycles. The minimum atomic E-state index is -4.50. The molecule has 0 aliphatic carbocycles. The van der Waals surface area contributed by atoms with Gasteiger partial charge in [0.25, 0.3) is 5.78 Å². The van der Waals surface area contributed by atoms with Gasteiger partial charge in [-0.3, -0.25) is 4.90 Å². The Morgan fingerprint density at radius 1 is 1.14 bits per heavy atom. The highest BCUT2D eigenvalue weighted by Gasteiger charge is 2.36. The molecule has 0 spiro atoms. The Balaban J connectivity index is 1.43. The van der Waals surface area contributed by atoms with Crippen LogP contribution in [-0.2, 0) is 12.7 Å². The van der Waals surface area contributed by atoms with E-state index in [4.69, 9.17) is 4.74 Å². The van der Waals surface area contributed by atoms with Crippen LogP contribution in [0.5, 0.6) is 5.75 Å². The Morgan fingerprint density at radius 3 is 2.52 bits per heavy atom. The van der Waals surface area contributed by atoms with Crippen LogP contribution in [0, 0.1) is 0 Å². The Bertz CT molecular complexity index is 962. The number of rotatable bonds is 5. The number of halogens is 3. The average molecular weight is 405 g/mol. The largest absolute Gasteiger partial charge is 0.494 e. The molecule has 1 saturated heterocycles. The molecular weight excluding hydrogens is 383 g/mol. The van der Waals surface area contributed by atoms with E-state index in [1.54, 1.807) is 0 Å². The van der Waals surface area contributed by atoms with Crippen LogP contribution in [0.1, 0.15) is 42.6 Å². The maximum absolute atomic E-state index is 13.4. The lowest BCUT2D eigenvalue weighted by Gasteiger charge is -2.32. The van der Waals surface area contributed by atoms with Crippen LogP contribution in [0.25, 0.3) is 5.78 Å². The summed E-state index contributed by atoms with van der Waals surface area (Å²) in [5.41, 5.74) is 0.805.